The highest BCUT2D eigenvalue weighted by Gasteiger charge is 2.26. The molecule has 0 saturated heterocycles. The van der Waals surface area contributed by atoms with E-state index in [1.54, 1.807) is 0 Å². The van der Waals surface area contributed by atoms with Gasteiger partial charge in [-0.15, -0.1) is 0 Å². The lowest BCUT2D eigenvalue weighted by Crippen LogP contribution is -2.33. The molecule has 0 spiro atoms. The quantitative estimate of drug-likeness (QED) is 0.493. The van der Waals surface area contributed by atoms with Gasteiger partial charge in [0, 0.05) is 18.2 Å². The van der Waals surface area contributed by atoms with E-state index in [0.29, 0.717) is 0 Å². The molecule has 1 aromatic rings. The van der Waals surface area contributed by atoms with Crippen LogP contribution in [0.5, 0.6) is 0 Å². The molecule has 0 unspecified atom stereocenters. The number of nitrogens with zero attached hydrogens (tertiary/aromatic N) is 1. The van der Waals surface area contributed by atoms with Gasteiger partial charge in [-0.3, -0.25) is 10.1 Å². The number of sulfonamides is 1. The fourth-order valence-electron chi connectivity index (χ4n) is 2.20. The van der Waals surface area contributed by atoms with E-state index in [9.17, 15) is 18.5 Å². The SMILES string of the molecule is Nc1ccc([N+](=O)[O-])cc1S(=O)(=O)NC1CCCC1. The van der Waals surface area contributed by atoms with Crippen molar-refractivity contribution in [1.82, 2.24) is 4.72 Å². The van der Waals surface area contributed by atoms with Crippen molar-refractivity contribution in [3.63, 3.8) is 0 Å². The number of hydrogen-bond donors (Lipinski definition) is 2. The van der Waals surface area contributed by atoms with Gasteiger partial charge in [0.2, 0.25) is 10.0 Å². The van der Waals surface area contributed by atoms with Crippen LogP contribution >= 0.6 is 0 Å². The molecular formula is C11H15N3O4S. The normalized spacial score (nSPS) is 16.6. The molecule has 0 atom stereocenters. The van der Waals surface area contributed by atoms with Crippen LogP contribution < -0.4 is 10.5 Å². The number of non-ortho nitro benzene ring substituents is 1. The lowest BCUT2D eigenvalue weighted by molar-refractivity contribution is -0.385. The van der Waals surface area contributed by atoms with Crippen LogP contribution in [0.2, 0.25) is 0 Å². The highest BCUT2D eigenvalue weighted by atomic mass is 32.2. The van der Waals surface area contributed by atoms with Crippen LogP contribution in [-0.2, 0) is 10.0 Å². The number of anilines is 1. The average molecular weight is 285 g/mol. The summed E-state index contributed by atoms with van der Waals surface area (Å²) in [6.45, 7) is 0. The largest absolute Gasteiger partial charge is 0.398 e. The van der Waals surface area contributed by atoms with Gasteiger partial charge in [-0.1, -0.05) is 12.8 Å². The maximum Gasteiger partial charge on any atom is 0.270 e. The molecule has 8 heteroatoms. The second-order valence-corrected chi connectivity index (χ2v) is 6.26. The molecule has 1 fully saturated rings. The van der Waals surface area contributed by atoms with Crippen molar-refractivity contribution < 1.29 is 13.3 Å². The number of benzene rings is 1. The zero-order valence-corrected chi connectivity index (χ0v) is 11.0. The summed E-state index contributed by atoms with van der Waals surface area (Å²) >= 11 is 0. The van der Waals surface area contributed by atoms with Crippen molar-refractivity contribution in [3.8, 4) is 0 Å². The summed E-state index contributed by atoms with van der Waals surface area (Å²) in [5.74, 6) is 0. The van der Waals surface area contributed by atoms with Gasteiger partial charge in [-0.2, -0.15) is 0 Å². The highest BCUT2D eigenvalue weighted by Crippen LogP contribution is 2.26. The summed E-state index contributed by atoms with van der Waals surface area (Å²) < 4.78 is 26.9. The van der Waals surface area contributed by atoms with Crippen LogP contribution in [-0.4, -0.2) is 19.4 Å². The summed E-state index contributed by atoms with van der Waals surface area (Å²) in [7, 11) is -3.81. The minimum atomic E-state index is -3.81. The van der Waals surface area contributed by atoms with Crippen LogP contribution in [0, 0.1) is 10.1 Å². The molecule has 0 radical (unpaired) electrons. The standard InChI is InChI=1S/C11H15N3O4S/c12-10-6-5-9(14(15)16)7-11(10)19(17,18)13-8-3-1-2-4-8/h5-8,13H,1-4,12H2. The number of rotatable bonds is 4. The van der Waals surface area contributed by atoms with E-state index >= 15 is 0 Å². The van der Waals surface area contributed by atoms with E-state index in [2.05, 4.69) is 4.72 Å². The summed E-state index contributed by atoms with van der Waals surface area (Å²) in [5, 5.41) is 10.7. The molecule has 0 aliphatic heterocycles. The van der Waals surface area contributed by atoms with Gasteiger partial charge >= 0.3 is 0 Å². The molecule has 7 nitrogen and oxygen atoms in total. The van der Waals surface area contributed by atoms with Gasteiger partial charge in [0.25, 0.3) is 5.69 Å². The summed E-state index contributed by atoms with van der Waals surface area (Å²) in [5.41, 5.74) is 5.33. The van der Waals surface area contributed by atoms with Crippen molar-refractivity contribution in [2.45, 2.75) is 36.6 Å². The first-order valence-electron chi connectivity index (χ1n) is 5.96. The number of nitrogen functional groups attached to an aromatic ring is 1. The average Bonchev–Trinajstić information content (AvgIpc) is 2.81. The van der Waals surface area contributed by atoms with Gasteiger partial charge in [0.1, 0.15) is 4.90 Å². The second kappa shape index (κ2) is 5.14. The van der Waals surface area contributed by atoms with Crippen molar-refractivity contribution in [1.29, 1.82) is 0 Å². The second-order valence-electron chi connectivity index (χ2n) is 4.58. The van der Waals surface area contributed by atoms with Crippen LogP contribution in [0.25, 0.3) is 0 Å². The molecular weight excluding hydrogens is 270 g/mol. The molecule has 1 aromatic carbocycles. The number of nitro groups is 1. The Hall–Kier alpha value is -1.67. The van der Waals surface area contributed by atoms with Crippen molar-refractivity contribution in [3.05, 3.63) is 28.3 Å². The minimum Gasteiger partial charge on any atom is -0.398 e. The van der Waals surface area contributed by atoms with Gasteiger partial charge in [-0.25, -0.2) is 13.1 Å². The Kier molecular flexibility index (Phi) is 3.72. The van der Waals surface area contributed by atoms with E-state index < -0.39 is 14.9 Å². The first kappa shape index (κ1) is 13.8. The molecule has 1 aliphatic rings. The zero-order chi connectivity index (χ0) is 14.0. The molecule has 3 N–H and O–H groups in total. The van der Waals surface area contributed by atoms with E-state index in [4.69, 9.17) is 5.73 Å². The topological polar surface area (TPSA) is 115 Å². The number of nitrogens with one attached hydrogen (secondary N) is 1. The Balaban J connectivity index is 2.33. The number of nitrogens with two attached hydrogens (primary N) is 1. The molecule has 0 amide bonds. The summed E-state index contributed by atoms with van der Waals surface area (Å²) in [6, 6.07) is 3.31. The minimum absolute atomic E-state index is 0.0103. The summed E-state index contributed by atoms with van der Waals surface area (Å²) in [6.07, 6.45) is 3.54. The maximum absolute atomic E-state index is 12.2. The Labute approximate surface area is 111 Å². The summed E-state index contributed by atoms with van der Waals surface area (Å²) in [4.78, 5) is 9.81. The fraction of sp³-hybridized carbons (Fsp3) is 0.455. The molecule has 0 bridgehead atoms. The Morgan fingerprint density at radius 3 is 2.53 bits per heavy atom. The molecule has 0 heterocycles. The van der Waals surface area contributed by atoms with Crippen molar-refractivity contribution in [2.75, 3.05) is 5.73 Å². The third-order valence-electron chi connectivity index (χ3n) is 3.17. The van der Waals surface area contributed by atoms with Gasteiger partial charge in [0.15, 0.2) is 0 Å². The van der Waals surface area contributed by atoms with Gasteiger partial charge in [0.05, 0.1) is 10.6 Å². The molecule has 19 heavy (non-hydrogen) atoms. The molecule has 0 aromatic heterocycles. The van der Waals surface area contributed by atoms with Crippen LogP contribution in [0.3, 0.4) is 0 Å². The third-order valence-corrected chi connectivity index (χ3v) is 4.75. The lowest BCUT2D eigenvalue weighted by Gasteiger charge is -2.13. The molecule has 104 valence electrons. The van der Waals surface area contributed by atoms with Gasteiger partial charge in [-0.05, 0) is 18.9 Å². The fourth-order valence-corrected chi connectivity index (χ4v) is 3.65. The Morgan fingerprint density at radius 1 is 1.32 bits per heavy atom. The smallest absolute Gasteiger partial charge is 0.270 e. The predicted octanol–water partition coefficient (Wildman–Crippen LogP) is 1.40. The number of hydrogen-bond acceptors (Lipinski definition) is 5. The first-order valence-corrected chi connectivity index (χ1v) is 7.45. The van der Waals surface area contributed by atoms with Crippen molar-refractivity contribution in [2.24, 2.45) is 0 Å². The maximum atomic E-state index is 12.2. The van der Waals surface area contributed by atoms with E-state index in [1.807, 2.05) is 0 Å². The van der Waals surface area contributed by atoms with Crippen LogP contribution in [0.1, 0.15) is 25.7 Å². The first-order chi connectivity index (χ1) is 8.90. The molecule has 2 rings (SSSR count). The lowest BCUT2D eigenvalue weighted by atomic mass is 10.3. The monoisotopic (exact) mass is 285 g/mol. The Bertz CT molecular complexity index is 594. The van der Waals surface area contributed by atoms with Crippen LogP contribution in [0.15, 0.2) is 23.1 Å². The Morgan fingerprint density at radius 2 is 1.95 bits per heavy atom. The predicted molar refractivity (Wildman–Crippen MR) is 70.1 cm³/mol. The molecule has 1 aliphatic carbocycles. The highest BCUT2D eigenvalue weighted by molar-refractivity contribution is 7.89. The van der Waals surface area contributed by atoms with Gasteiger partial charge < -0.3 is 5.73 Å². The zero-order valence-electron chi connectivity index (χ0n) is 10.2. The van der Waals surface area contributed by atoms with Crippen molar-refractivity contribution >= 4 is 21.4 Å². The third kappa shape index (κ3) is 3.02. The van der Waals surface area contributed by atoms with E-state index in [-0.39, 0.29) is 22.3 Å². The molecule has 1 saturated carbocycles. The van der Waals surface area contributed by atoms with E-state index in [1.165, 1.54) is 12.1 Å². The number of nitro benzene ring substituents is 1. The van der Waals surface area contributed by atoms with Crippen LogP contribution in [0.4, 0.5) is 11.4 Å². The van der Waals surface area contributed by atoms with E-state index in [0.717, 1.165) is 31.7 Å².